The summed E-state index contributed by atoms with van der Waals surface area (Å²) in [4.78, 5) is 12.3. The fraction of sp³-hybridized carbons (Fsp3) is 0.500. The van der Waals surface area contributed by atoms with Gasteiger partial charge >= 0.3 is 0 Å². The lowest BCUT2D eigenvalue weighted by molar-refractivity contribution is -0.122. The Hall–Kier alpha value is -1.42. The van der Waals surface area contributed by atoms with Crippen molar-refractivity contribution < 1.29 is 4.79 Å². The zero-order valence-electron chi connectivity index (χ0n) is 11.7. The van der Waals surface area contributed by atoms with E-state index >= 15 is 0 Å². The Bertz CT molecular complexity index is 464. The predicted molar refractivity (Wildman–Crippen MR) is 85.4 cm³/mol. The normalized spacial score (nSPS) is 15.8. The van der Waals surface area contributed by atoms with Crippen molar-refractivity contribution in [3.63, 3.8) is 0 Å². The van der Waals surface area contributed by atoms with E-state index in [1.54, 1.807) is 0 Å². The molecule has 1 saturated carbocycles. The molecule has 0 spiro atoms. The molecular weight excluding hydrogens is 268 g/mol. The van der Waals surface area contributed by atoms with E-state index in [1.165, 1.54) is 32.1 Å². The number of amides is 1. The first kappa shape index (κ1) is 15.0. The first-order valence-corrected chi connectivity index (χ1v) is 7.71. The number of rotatable bonds is 5. The number of carbonyl (C=O) groups excluding carboxylic acids is 1. The molecule has 0 aliphatic heterocycles. The van der Waals surface area contributed by atoms with Crippen LogP contribution in [0.2, 0.25) is 0 Å². The van der Waals surface area contributed by atoms with Crippen molar-refractivity contribution in [3.05, 3.63) is 35.4 Å². The third kappa shape index (κ3) is 4.60. The van der Waals surface area contributed by atoms with Crippen molar-refractivity contribution in [1.29, 1.82) is 0 Å². The van der Waals surface area contributed by atoms with Gasteiger partial charge in [0.05, 0.1) is 0 Å². The fourth-order valence-electron chi connectivity index (χ4n) is 2.71. The van der Waals surface area contributed by atoms with Gasteiger partial charge in [0, 0.05) is 18.5 Å². The minimum atomic E-state index is 0.162. The first-order valence-electron chi connectivity index (χ1n) is 7.30. The summed E-state index contributed by atoms with van der Waals surface area (Å²) in [6.07, 6.45) is 6.96. The molecule has 3 nitrogen and oxygen atoms in total. The molecule has 4 heteroatoms. The van der Waals surface area contributed by atoms with Gasteiger partial charge in [0.2, 0.25) is 5.91 Å². The van der Waals surface area contributed by atoms with Crippen LogP contribution in [0.25, 0.3) is 0 Å². The minimum Gasteiger partial charge on any atom is -0.389 e. The van der Waals surface area contributed by atoms with E-state index in [-0.39, 0.29) is 5.91 Å². The molecule has 1 fully saturated rings. The van der Waals surface area contributed by atoms with Crippen LogP contribution in [-0.4, -0.2) is 10.9 Å². The summed E-state index contributed by atoms with van der Waals surface area (Å²) in [5, 5.41) is 2.99. The number of benzene rings is 1. The van der Waals surface area contributed by atoms with Crippen LogP contribution in [0.1, 0.15) is 49.7 Å². The SMILES string of the molecule is NC(=S)c1ccc(CNC(=O)CC2CCCCC2)cc1. The van der Waals surface area contributed by atoms with Gasteiger partial charge in [-0.25, -0.2) is 0 Å². The summed E-state index contributed by atoms with van der Waals surface area (Å²) in [5.74, 6) is 0.746. The third-order valence-electron chi connectivity index (χ3n) is 3.93. The highest BCUT2D eigenvalue weighted by Crippen LogP contribution is 2.26. The van der Waals surface area contributed by atoms with Gasteiger partial charge in [0.15, 0.2) is 0 Å². The van der Waals surface area contributed by atoms with E-state index in [0.717, 1.165) is 11.1 Å². The van der Waals surface area contributed by atoms with Crippen LogP contribution >= 0.6 is 12.2 Å². The first-order chi connectivity index (χ1) is 9.65. The minimum absolute atomic E-state index is 0.162. The summed E-state index contributed by atoms with van der Waals surface area (Å²) in [6.45, 7) is 0.573. The number of thiocarbonyl (C=S) groups is 1. The van der Waals surface area contributed by atoms with Crippen LogP contribution in [0.3, 0.4) is 0 Å². The van der Waals surface area contributed by atoms with Gasteiger partial charge in [0.1, 0.15) is 4.99 Å². The van der Waals surface area contributed by atoms with E-state index in [4.69, 9.17) is 18.0 Å². The van der Waals surface area contributed by atoms with Crippen LogP contribution in [0.4, 0.5) is 0 Å². The molecule has 1 aliphatic carbocycles. The molecule has 20 heavy (non-hydrogen) atoms. The molecule has 0 saturated heterocycles. The third-order valence-corrected chi connectivity index (χ3v) is 4.16. The maximum Gasteiger partial charge on any atom is 0.220 e. The number of nitrogens with two attached hydrogens (primary N) is 1. The van der Waals surface area contributed by atoms with Gasteiger partial charge in [-0.05, 0) is 24.3 Å². The second kappa shape index (κ2) is 7.39. The Morgan fingerprint density at radius 3 is 2.45 bits per heavy atom. The summed E-state index contributed by atoms with van der Waals surface area (Å²) in [7, 11) is 0. The van der Waals surface area contributed by atoms with E-state index in [2.05, 4.69) is 5.32 Å². The molecule has 0 aromatic heterocycles. The topological polar surface area (TPSA) is 55.1 Å². The van der Waals surface area contributed by atoms with E-state index < -0.39 is 0 Å². The van der Waals surface area contributed by atoms with Gasteiger partial charge in [0.25, 0.3) is 0 Å². The molecule has 3 N–H and O–H groups in total. The molecule has 0 atom stereocenters. The van der Waals surface area contributed by atoms with Crippen molar-refractivity contribution in [2.24, 2.45) is 11.7 Å². The average Bonchev–Trinajstić information content (AvgIpc) is 2.46. The standard InChI is InChI=1S/C16H22N2OS/c17-16(20)14-8-6-13(7-9-14)11-18-15(19)10-12-4-2-1-3-5-12/h6-9,12H,1-5,10-11H2,(H2,17,20)(H,18,19). The Balaban J connectivity index is 1.76. The van der Waals surface area contributed by atoms with Gasteiger partial charge < -0.3 is 11.1 Å². The van der Waals surface area contributed by atoms with Crippen molar-refractivity contribution in [3.8, 4) is 0 Å². The van der Waals surface area contributed by atoms with E-state index in [0.29, 0.717) is 23.9 Å². The zero-order valence-corrected chi connectivity index (χ0v) is 12.5. The second-order valence-corrected chi connectivity index (χ2v) is 5.99. The number of nitrogens with one attached hydrogen (secondary N) is 1. The largest absolute Gasteiger partial charge is 0.389 e. The Morgan fingerprint density at radius 2 is 1.85 bits per heavy atom. The number of carbonyl (C=O) groups is 1. The van der Waals surface area contributed by atoms with Crippen molar-refractivity contribution in [2.45, 2.75) is 45.1 Å². The highest BCUT2D eigenvalue weighted by molar-refractivity contribution is 7.80. The number of hydrogen-bond acceptors (Lipinski definition) is 2. The lowest BCUT2D eigenvalue weighted by atomic mass is 9.87. The highest BCUT2D eigenvalue weighted by Gasteiger charge is 2.16. The molecule has 2 rings (SSSR count). The van der Waals surface area contributed by atoms with E-state index in [9.17, 15) is 4.79 Å². The summed E-state index contributed by atoms with van der Waals surface area (Å²) in [6, 6.07) is 7.70. The lowest BCUT2D eigenvalue weighted by Gasteiger charge is -2.20. The molecular formula is C16H22N2OS. The van der Waals surface area contributed by atoms with Gasteiger partial charge in [-0.1, -0.05) is 55.7 Å². The van der Waals surface area contributed by atoms with Gasteiger partial charge in [-0.15, -0.1) is 0 Å². The van der Waals surface area contributed by atoms with Gasteiger partial charge in [-0.2, -0.15) is 0 Å². The molecule has 0 unspecified atom stereocenters. The van der Waals surface area contributed by atoms with Crippen molar-refractivity contribution in [1.82, 2.24) is 5.32 Å². The monoisotopic (exact) mass is 290 g/mol. The van der Waals surface area contributed by atoms with Crippen LogP contribution in [0.15, 0.2) is 24.3 Å². The molecule has 1 aromatic carbocycles. The van der Waals surface area contributed by atoms with Crippen LogP contribution in [0.5, 0.6) is 0 Å². The molecule has 1 aromatic rings. The molecule has 0 bridgehead atoms. The van der Waals surface area contributed by atoms with Crippen LogP contribution < -0.4 is 11.1 Å². The van der Waals surface area contributed by atoms with Gasteiger partial charge in [-0.3, -0.25) is 4.79 Å². The Labute approximate surface area is 125 Å². The van der Waals surface area contributed by atoms with Crippen molar-refractivity contribution >= 4 is 23.1 Å². The van der Waals surface area contributed by atoms with Crippen molar-refractivity contribution in [2.75, 3.05) is 0 Å². The Morgan fingerprint density at radius 1 is 1.20 bits per heavy atom. The average molecular weight is 290 g/mol. The van der Waals surface area contributed by atoms with Crippen LogP contribution in [-0.2, 0) is 11.3 Å². The Kier molecular flexibility index (Phi) is 5.53. The smallest absolute Gasteiger partial charge is 0.220 e. The molecule has 0 radical (unpaired) electrons. The second-order valence-electron chi connectivity index (χ2n) is 5.55. The summed E-state index contributed by atoms with van der Waals surface area (Å²) < 4.78 is 0. The zero-order chi connectivity index (χ0) is 14.4. The summed E-state index contributed by atoms with van der Waals surface area (Å²) >= 11 is 4.91. The number of hydrogen-bond donors (Lipinski definition) is 2. The maximum atomic E-state index is 11.9. The summed E-state index contributed by atoms with van der Waals surface area (Å²) in [5.41, 5.74) is 7.48. The highest BCUT2D eigenvalue weighted by atomic mass is 32.1. The molecule has 108 valence electrons. The predicted octanol–water partition coefficient (Wildman–Crippen LogP) is 2.91. The lowest BCUT2D eigenvalue weighted by Crippen LogP contribution is -2.25. The maximum absolute atomic E-state index is 11.9. The fourth-order valence-corrected chi connectivity index (χ4v) is 2.85. The molecule has 0 heterocycles. The van der Waals surface area contributed by atoms with E-state index in [1.807, 2.05) is 24.3 Å². The van der Waals surface area contributed by atoms with Crippen LogP contribution in [0, 0.1) is 5.92 Å². The quantitative estimate of drug-likeness (QED) is 0.820. The molecule has 1 aliphatic rings. The molecule has 1 amide bonds.